The zero-order valence-corrected chi connectivity index (χ0v) is 11.3. The van der Waals surface area contributed by atoms with Crippen molar-refractivity contribution in [3.05, 3.63) is 29.3 Å². The van der Waals surface area contributed by atoms with E-state index in [0.717, 1.165) is 23.3 Å². The van der Waals surface area contributed by atoms with Crippen LogP contribution in [0.4, 0.5) is 0 Å². The van der Waals surface area contributed by atoms with Crippen LogP contribution < -0.4 is 4.74 Å². The zero-order valence-electron chi connectivity index (χ0n) is 11.3. The summed E-state index contributed by atoms with van der Waals surface area (Å²) < 4.78 is 10.6. The van der Waals surface area contributed by atoms with Gasteiger partial charge in [-0.1, -0.05) is 18.2 Å². The van der Waals surface area contributed by atoms with Crippen molar-refractivity contribution < 1.29 is 19.4 Å². The SMILES string of the molecule is COCCN(C)[C@H](C(=O)O)c1cccc2c1OCC2. The van der Waals surface area contributed by atoms with Crippen molar-refractivity contribution in [3.8, 4) is 5.75 Å². The average molecular weight is 265 g/mol. The molecule has 1 N–H and O–H groups in total. The lowest BCUT2D eigenvalue weighted by Crippen LogP contribution is -2.33. The highest BCUT2D eigenvalue weighted by molar-refractivity contribution is 5.77. The van der Waals surface area contributed by atoms with E-state index in [-0.39, 0.29) is 0 Å². The van der Waals surface area contributed by atoms with Crippen LogP contribution in [0.25, 0.3) is 0 Å². The molecule has 1 aromatic rings. The third kappa shape index (κ3) is 2.88. The van der Waals surface area contributed by atoms with E-state index in [1.807, 2.05) is 18.2 Å². The lowest BCUT2D eigenvalue weighted by atomic mass is 10.0. The summed E-state index contributed by atoms with van der Waals surface area (Å²) in [7, 11) is 3.39. The molecular formula is C14H19NO4. The highest BCUT2D eigenvalue weighted by Gasteiger charge is 2.30. The van der Waals surface area contributed by atoms with Gasteiger partial charge in [-0.05, 0) is 12.6 Å². The fourth-order valence-electron chi connectivity index (χ4n) is 2.38. The summed E-state index contributed by atoms with van der Waals surface area (Å²) in [6.07, 6.45) is 0.845. The second-order valence-electron chi connectivity index (χ2n) is 4.65. The number of ether oxygens (including phenoxy) is 2. The van der Waals surface area contributed by atoms with E-state index in [1.54, 1.807) is 19.1 Å². The Hall–Kier alpha value is -1.59. The standard InChI is InChI=1S/C14H19NO4/c1-15(7-9-18-2)12(14(16)17)11-5-3-4-10-6-8-19-13(10)11/h3-5,12H,6-9H2,1-2H3,(H,16,17)/t12-/m0/s1. The van der Waals surface area contributed by atoms with Gasteiger partial charge < -0.3 is 14.6 Å². The number of hydrogen-bond acceptors (Lipinski definition) is 4. The van der Waals surface area contributed by atoms with Gasteiger partial charge in [0.05, 0.1) is 13.2 Å². The van der Waals surface area contributed by atoms with Gasteiger partial charge in [-0.3, -0.25) is 9.69 Å². The van der Waals surface area contributed by atoms with Crippen molar-refractivity contribution in [1.29, 1.82) is 0 Å². The summed E-state index contributed by atoms with van der Waals surface area (Å²) in [6, 6.07) is 5.00. The third-order valence-electron chi connectivity index (χ3n) is 3.36. The molecule has 0 unspecified atom stereocenters. The lowest BCUT2D eigenvalue weighted by Gasteiger charge is -2.25. The van der Waals surface area contributed by atoms with E-state index >= 15 is 0 Å². The monoisotopic (exact) mass is 265 g/mol. The van der Waals surface area contributed by atoms with Crippen molar-refractivity contribution >= 4 is 5.97 Å². The predicted molar refractivity (Wildman–Crippen MR) is 70.5 cm³/mol. The molecule has 0 aromatic heterocycles. The molecule has 0 bridgehead atoms. The van der Waals surface area contributed by atoms with Crippen LogP contribution in [0.2, 0.25) is 0 Å². The summed E-state index contributed by atoms with van der Waals surface area (Å²) >= 11 is 0. The van der Waals surface area contributed by atoms with Gasteiger partial charge in [0.25, 0.3) is 0 Å². The molecule has 1 aliphatic rings. The van der Waals surface area contributed by atoms with Crippen LogP contribution in [-0.4, -0.2) is 49.9 Å². The number of fused-ring (bicyclic) bond motifs is 1. The summed E-state index contributed by atoms with van der Waals surface area (Å²) in [5, 5.41) is 9.49. The summed E-state index contributed by atoms with van der Waals surface area (Å²) in [4.78, 5) is 13.3. The number of carbonyl (C=O) groups is 1. The van der Waals surface area contributed by atoms with Crippen molar-refractivity contribution in [2.75, 3.05) is 33.9 Å². The van der Waals surface area contributed by atoms with Gasteiger partial charge in [-0.2, -0.15) is 0 Å². The third-order valence-corrected chi connectivity index (χ3v) is 3.36. The van der Waals surface area contributed by atoms with Crippen molar-refractivity contribution in [2.45, 2.75) is 12.5 Å². The van der Waals surface area contributed by atoms with E-state index in [4.69, 9.17) is 9.47 Å². The van der Waals surface area contributed by atoms with Gasteiger partial charge in [0, 0.05) is 25.6 Å². The Morgan fingerprint density at radius 2 is 2.37 bits per heavy atom. The van der Waals surface area contributed by atoms with Crippen molar-refractivity contribution in [2.24, 2.45) is 0 Å². The molecule has 0 spiro atoms. The first-order chi connectivity index (χ1) is 9.15. The van der Waals surface area contributed by atoms with Crippen LogP contribution in [0.3, 0.4) is 0 Å². The van der Waals surface area contributed by atoms with Crippen LogP contribution >= 0.6 is 0 Å². The van der Waals surface area contributed by atoms with E-state index < -0.39 is 12.0 Å². The number of carboxylic acid groups (broad SMARTS) is 1. The average Bonchev–Trinajstić information content (AvgIpc) is 2.85. The number of hydrogen-bond donors (Lipinski definition) is 1. The molecule has 1 aliphatic heterocycles. The van der Waals surface area contributed by atoms with E-state index in [9.17, 15) is 9.90 Å². The van der Waals surface area contributed by atoms with Crippen LogP contribution in [0, 0.1) is 0 Å². The fraction of sp³-hybridized carbons (Fsp3) is 0.500. The molecule has 5 nitrogen and oxygen atoms in total. The van der Waals surface area contributed by atoms with Gasteiger partial charge in [0.15, 0.2) is 0 Å². The van der Waals surface area contributed by atoms with Crippen molar-refractivity contribution in [1.82, 2.24) is 4.90 Å². The quantitative estimate of drug-likeness (QED) is 0.840. The maximum Gasteiger partial charge on any atom is 0.325 e. The topological polar surface area (TPSA) is 59.0 Å². The number of nitrogens with zero attached hydrogens (tertiary/aromatic N) is 1. The number of benzene rings is 1. The first-order valence-corrected chi connectivity index (χ1v) is 6.31. The Morgan fingerprint density at radius 3 is 3.05 bits per heavy atom. The largest absolute Gasteiger partial charge is 0.493 e. The van der Waals surface area contributed by atoms with Gasteiger partial charge in [-0.15, -0.1) is 0 Å². The Bertz CT molecular complexity index is 461. The molecule has 0 amide bonds. The molecule has 1 heterocycles. The molecule has 5 heteroatoms. The second-order valence-corrected chi connectivity index (χ2v) is 4.65. The van der Waals surface area contributed by atoms with Crippen LogP contribution in [-0.2, 0) is 16.0 Å². The molecule has 0 saturated heterocycles. The number of methoxy groups -OCH3 is 1. The molecule has 0 aliphatic carbocycles. The number of para-hydroxylation sites is 1. The number of rotatable bonds is 6. The van der Waals surface area contributed by atoms with E-state index in [0.29, 0.717) is 19.8 Å². The second kappa shape index (κ2) is 6.04. The first-order valence-electron chi connectivity index (χ1n) is 6.31. The van der Waals surface area contributed by atoms with Crippen molar-refractivity contribution in [3.63, 3.8) is 0 Å². The van der Waals surface area contributed by atoms with Gasteiger partial charge in [0.2, 0.25) is 0 Å². The molecule has 0 saturated carbocycles. The van der Waals surface area contributed by atoms with Gasteiger partial charge in [0.1, 0.15) is 11.8 Å². The predicted octanol–water partition coefficient (Wildman–Crippen LogP) is 1.33. The Balaban J connectivity index is 2.29. The van der Waals surface area contributed by atoms with E-state index in [2.05, 4.69) is 0 Å². The minimum absolute atomic E-state index is 0.496. The van der Waals surface area contributed by atoms with Crippen LogP contribution in [0.15, 0.2) is 18.2 Å². The highest BCUT2D eigenvalue weighted by Crippen LogP contribution is 2.35. The molecular weight excluding hydrogens is 246 g/mol. The molecule has 104 valence electrons. The summed E-state index contributed by atoms with van der Waals surface area (Å²) in [5.74, 6) is -0.137. The number of carboxylic acids is 1. The van der Waals surface area contributed by atoms with Gasteiger partial charge in [-0.25, -0.2) is 0 Å². The minimum Gasteiger partial charge on any atom is -0.493 e. The molecule has 0 fully saturated rings. The lowest BCUT2D eigenvalue weighted by molar-refractivity contribution is -0.143. The molecule has 1 atom stereocenters. The maximum atomic E-state index is 11.6. The molecule has 2 rings (SSSR count). The normalized spacial score (nSPS) is 15.1. The smallest absolute Gasteiger partial charge is 0.325 e. The van der Waals surface area contributed by atoms with Crippen LogP contribution in [0.1, 0.15) is 17.2 Å². The highest BCUT2D eigenvalue weighted by atomic mass is 16.5. The number of aliphatic carboxylic acids is 1. The van der Waals surface area contributed by atoms with E-state index in [1.165, 1.54) is 0 Å². The summed E-state index contributed by atoms with van der Waals surface area (Å²) in [5.41, 5.74) is 1.81. The maximum absolute atomic E-state index is 11.6. The van der Waals surface area contributed by atoms with Crippen LogP contribution in [0.5, 0.6) is 5.75 Å². The first kappa shape index (κ1) is 13.8. The molecule has 19 heavy (non-hydrogen) atoms. The van der Waals surface area contributed by atoms with Gasteiger partial charge >= 0.3 is 5.97 Å². The number of likely N-dealkylation sites (N-methyl/N-ethyl adjacent to an activating group) is 1. The summed E-state index contributed by atoms with van der Waals surface area (Å²) in [6.45, 7) is 1.67. The Kier molecular flexibility index (Phi) is 4.39. The minimum atomic E-state index is -0.873. The Labute approximate surface area is 112 Å². The molecule has 0 radical (unpaired) electrons. The zero-order chi connectivity index (χ0) is 13.8. The fourth-order valence-corrected chi connectivity index (χ4v) is 2.38. The Morgan fingerprint density at radius 1 is 1.58 bits per heavy atom. The molecule has 1 aromatic carbocycles.